The van der Waals surface area contributed by atoms with Crippen LogP contribution in [0.3, 0.4) is 0 Å². The lowest BCUT2D eigenvalue weighted by Crippen LogP contribution is -2.38. The number of pyridine rings is 1. The van der Waals surface area contributed by atoms with E-state index in [0.717, 1.165) is 11.3 Å². The first-order valence-corrected chi connectivity index (χ1v) is 7.59. The van der Waals surface area contributed by atoms with E-state index < -0.39 is 5.60 Å². The molecule has 0 spiro atoms. The van der Waals surface area contributed by atoms with Gasteiger partial charge in [0.15, 0.2) is 5.78 Å². The van der Waals surface area contributed by atoms with Crippen LogP contribution in [-0.2, 0) is 10.2 Å². The van der Waals surface area contributed by atoms with Crippen LogP contribution in [-0.4, -0.2) is 29.0 Å². The van der Waals surface area contributed by atoms with E-state index in [9.17, 15) is 9.59 Å². The normalized spacial score (nSPS) is 16.4. The highest BCUT2D eigenvalue weighted by Crippen LogP contribution is 2.41. The largest absolute Gasteiger partial charge is 0.443 e. The van der Waals surface area contributed by atoms with Crippen molar-refractivity contribution in [2.24, 2.45) is 0 Å². The molecule has 0 unspecified atom stereocenters. The summed E-state index contributed by atoms with van der Waals surface area (Å²) >= 11 is 0. The summed E-state index contributed by atoms with van der Waals surface area (Å²) in [5, 5.41) is 0. The van der Waals surface area contributed by atoms with Gasteiger partial charge in [-0.3, -0.25) is 14.7 Å². The summed E-state index contributed by atoms with van der Waals surface area (Å²) in [7, 11) is 0. The third-order valence-electron chi connectivity index (χ3n) is 3.68. The topological polar surface area (TPSA) is 59.5 Å². The van der Waals surface area contributed by atoms with Crippen molar-refractivity contribution < 1.29 is 14.3 Å². The Morgan fingerprint density at radius 3 is 2.55 bits per heavy atom. The van der Waals surface area contributed by atoms with Crippen molar-refractivity contribution in [3.8, 4) is 0 Å². The predicted octanol–water partition coefficient (Wildman–Crippen LogP) is 3.71. The number of ketones is 1. The standard InChI is InChI=1S/C17H24N2O3/c1-7-14(20)12-8-13-11(9-18-12)17(5,6)10-19(13)15(21)22-16(2,3)4/h8-9H,7,10H2,1-6H3. The van der Waals surface area contributed by atoms with Gasteiger partial charge in [-0.15, -0.1) is 0 Å². The lowest BCUT2D eigenvalue weighted by molar-refractivity contribution is 0.0579. The highest BCUT2D eigenvalue weighted by molar-refractivity contribution is 5.97. The minimum Gasteiger partial charge on any atom is -0.443 e. The molecule has 0 N–H and O–H groups in total. The molecule has 5 nitrogen and oxygen atoms in total. The summed E-state index contributed by atoms with van der Waals surface area (Å²) in [4.78, 5) is 30.2. The fraction of sp³-hybridized carbons (Fsp3) is 0.588. The summed E-state index contributed by atoms with van der Waals surface area (Å²) in [6, 6.07) is 1.71. The smallest absolute Gasteiger partial charge is 0.414 e. The van der Waals surface area contributed by atoms with Gasteiger partial charge < -0.3 is 4.74 Å². The number of ether oxygens (including phenoxy) is 1. The van der Waals surface area contributed by atoms with E-state index in [0.29, 0.717) is 18.7 Å². The Morgan fingerprint density at radius 1 is 1.36 bits per heavy atom. The summed E-state index contributed by atoms with van der Waals surface area (Å²) in [5.74, 6) is -0.0309. The van der Waals surface area contributed by atoms with Crippen LogP contribution in [0.25, 0.3) is 0 Å². The Balaban J connectivity index is 2.42. The van der Waals surface area contributed by atoms with Gasteiger partial charge in [0.05, 0.1) is 5.69 Å². The third kappa shape index (κ3) is 3.13. The highest BCUT2D eigenvalue weighted by Gasteiger charge is 2.40. The first-order valence-electron chi connectivity index (χ1n) is 7.59. The molecule has 0 aromatic carbocycles. The molecule has 5 heteroatoms. The zero-order chi connectivity index (χ0) is 16.7. The second-order valence-electron chi connectivity index (χ2n) is 7.31. The molecule has 0 atom stereocenters. The number of amides is 1. The van der Waals surface area contributed by atoms with E-state index in [1.165, 1.54) is 0 Å². The molecule has 1 aliphatic heterocycles. The molecule has 0 saturated heterocycles. The number of fused-ring (bicyclic) bond motifs is 1. The predicted molar refractivity (Wildman–Crippen MR) is 85.5 cm³/mol. The van der Waals surface area contributed by atoms with Crippen LogP contribution in [0.4, 0.5) is 10.5 Å². The quantitative estimate of drug-likeness (QED) is 0.782. The summed E-state index contributed by atoms with van der Waals surface area (Å²) in [6.07, 6.45) is 1.71. The SMILES string of the molecule is CCC(=O)c1cc2c(cn1)C(C)(C)CN2C(=O)OC(C)(C)C. The molecular formula is C17H24N2O3. The lowest BCUT2D eigenvalue weighted by Gasteiger charge is -2.26. The molecule has 2 heterocycles. The number of carbonyl (C=O) groups is 2. The Labute approximate surface area is 131 Å². The molecule has 0 aliphatic carbocycles. The zero-order valence-corrected chi connectivity index (χ0v) is 14.2. The first-order chi connectivity index (χ1) is 10.0. The van der Waals surface area contributed by atoms with E-state index in [1.54, 1.807) is 24.1 Å². The monoisotopic (exact) mass is 304 g/mol. The second kappa shape index (κ2) is 5.38. The van der Waals surface area contributed by atoms with Gasteiger partial charge in [0.2, 0.25) is 0 Å². The van der Waals surface area contributed by atoms with Crippen LogP contribution in [0.5, 0.6) is 0 Å². The average molecular weight is 304 g/mol. The summed E-state index contributed by atoms with van der Waals surface area (Å²) < 4.78 is 5.48. The lowest BCUT2D eigenvalue weighted by atomic mass is 9.88. The average Bonchev–Trinajstić information content (AvgIpc) is 2.67. The van der Waals surface area contributed by atoms with Gasteiger partial charge in [0, 0.05) is 30.1 Å². The fourth-order valence-corrected chi connectivity index (χ4v) is 2.57. The van der Waals surface area contributed by atoms with Crippen LogP contribution < -0.4 is 4.90 Å². The molecule has 0 saturated carbocycles. The van der Waals surface area contributed by atoms with E-state index >= 15 is 0 Å². The van der Waals surface area contributed by atoms with E-state index in [-0.39, 0.29) is 17.3 Å². The number of Topliss-reactive ketones (excluding diaryl/α,β-unsaturated/α-hetero) is 1. The number of nitrogens with zero attached hydrogens (tertiary/aromatic N) is 2. The number of hydrogen-bond acceptors (Lipinski definition) is 4. The van der Waals surface area contributed by atoms with Gasteiger partial charge in [0.1, 0.15) is 11.3 Å². The van der Waals surface area contributed by atoms with Crippen LogP contribution in [0, 0.1) is 0 Å². The molecule has 0 bridgehead atoms. The van der Waals surface area contributed by atoms with Crippen LogP contribution >= 0.6 is 0 Å². The first kappa shape index (κ1) is 16.5. The summed E-state index contributed by atoms with van der Waals surface area (Å²) in [5.41, 5.74) is 1.32. The van der Waals surface area contributed by atoms with Crippen molar-refractivity contribution in [3.05, 3.63) is 23.5 Å². The molecule has 1 aromatic rings. The minimum absolute atomic E-state index is 0.0309. The number of aromatic nitrogens is 1. The van der Waals surface area contributed by atoms with Crippen LogP contribution in [0.2, 0.25) is 0 Å². The van der Waals surface area contributed by atoms with E-state index in [4.69, 9.17) is 4.74 Å². The Kier molecular flexibility index (Phi) is 4.02. The van der Waals surface area contributed by atoms with Crippen molar-refractivity contribution >= 4 is 17.6 Å². The van der Waals surface area contributed by atoms with Crippen molar-refractivity contribution in [3.63, 3.8) is 0 Å². The van der Waals surface area contributed by atoms with Gasteiger partial charge in [-0.25, -0.2) is 4.79 Å². The van der Waals surface area contributed by atoms with Crippen molar-refractivity contribution in [2.45, 2.75) is 59.0 Å². The third-order valence-corrected chi connectivity index (χ3v) is 3.68. The molecule has 120 valence electrons. The molecule has 0 radical (unpaired) electrons. The van der Waals surface area contributed by atoms with Crippen LogP contribution in [0.15, 0.2) is 12.3 Å². The van der Waals surface area contributed by atoms with Gasteiger partial charge >= 0.3 is 6.09 Å². The maximum absolute atomic E-state index is 12.5. The molecule has 1 amide bonds. The van der Waals surface area contributed by atoms with E-state index in [2.05, 4.69) is 18.8 Å². The highest BCUT2D eigenvalue weighted by atomic mass is 16.6. The second-order valence-corrected chi connectivity index (χ2v) is 7.31. The van der Waals surface area contributed by atoms with Crippen molar-refractivity contribution in [2.75, 3.05) is 11.4 Å². The molecule has 2 rings (SSSR count). The molecule has 0 fully saturated rings. The van der Waals surface area contributed by atoms with Crippen LogP contribution in [0.1, 0.15) is 64.0 Å². The van der Waals surface area contributed by atoms with Gasteiger partial charge in [0.25, 0.3) is 0 Å². The zero-order valence-electron chi connectivity index (χ0n) is 14.2. The Hall–Kier alpha value is -1.91. The fourth-order valence-electron chi connectivity index (χ4n) is 2.57. The molecular weight excluding hydrogens is 280 g/mol. The van der Waals surface area contributed by atoms with Gasteiger partial charge in [-0.2, -0.15) is 0 Å². The number of hydrogen-bond donors (Lipinski definition) is 0. The Morgan fingerprint density at radius 2 is 2.00 bits per heavy atom. The Bertz CT molecular complexity index is 615. The van der Waals surface area contributed by atoms with Gasteiger partial charge in [-0.05, 0) is 26.8 Å². The van der Waals surface area contributed by atoms with Crippen molar-refractivity contribution in [1.82, 2.24) is 4.98 Å². The number of carbonyl (C=O) groups excluding carboxylic acids is 2. The maximum Gasteiger partial charge on any atom is 0.414 e. The molecule has 1 aliphatic rings. The van der Waals surface area contributed by atoms with E-state index in [1.807, 2.05) is 20.8 Å². The van der Waals surface area contributed by atoms with Gasteiger partial charge in [-0.1, -0.05) is 20.8 Å². The molecule has 1 aromatic heterocycles. The minimum atomic E-state index is -0.556. The van der Waals surface area contributed by atoms with Crippen molar-refractivity contribution in [1.29, 1.82) is 0 Å². The summed E-state index contributed by atoms with van der Waals surface area (Å²) in [6.45, 7) is 11.9. The molecule has 22 heavy (non-hydrogen) atoms. The number of anilines is 1. The maximum atomic E-state index is 12.5. The number of rotatable bonds is 2.